The van der Waals surface area contributed by atoms with Gasteiger partial charge in [-0.15, -0.1) is 0 Å². The Morgan fingerprint density at radius 3 is 2.61 bits per heavy atom. The second-order valence-electron chi connectivity index (χ2n) is 5.54. The third kappa shape index (κ3) is 2.53. The molecule has 0 saturated heterocycles. The molecule has 0 saturated carbocycles. The van der Waals surface area contributed by atoms with Crippen LogP contribution in [0.2, 0.25) is 0 Å². The number of hydrogen-bond donors (Lipinski definition) is 2. The Bertz CT molecular complexity index is 938. The predicted molar refractivity (Wildman–Crippen MR) is 90.9 cm³/mol. The Kier molecular flexibility index (Phi) is 3.44. The van der Waals surface area contributed by atoms with Crippen LogP contribution in [0, 0.1) is 0 Å². The van der Waals surface area contributed by atoms with Gasteiger partial charge in [0.25, 0.3) is 0 Å². The number of nitrogens with one attached hydrogen (secondary N) is 1. The van der Waals surface area contributed by atoms with E-state index in [2.05, 4.69) is 46.6 Å². The molecule has 0 radical (unpaired) electrons. The molecule has 0 aliphatic carbocycles. The lowest BCUT2D eigenvalue weighted by atomic mass is 9.99. The molecule has 0 unspecified atom stereocenters. The molecule has 0 aliphatic rings. The summed E-state index contributed by atoms with van der Waals surface area (Å²) in [5.74, 6) is 1.51. The molecule has 4 heteroatoms. The molecule has 2 aromatic carbocycles. The molecule has 2 aromatic heterocycles. The Labute approximate surface area is 133 Å². The molecule has 0 bridgehead atoms. The van der Waals surface area contributed by atoms with Crippen LogP contribution in [0.1, 0.15) is 16.9 Å². The van der Waals surface area contributed by atoms with Crippen LogP contribution in [0.3, 0.4) is 0 Å². The molecule has 4 nitrogen and oxygen atoms in total. The summed E-state index contributed by atoms with van der Waals surface area (Å²) in [6, 6.07) is 20.5. The van der Waals surface area contributed by atoms with Crippen LogP contribution in [0.15, 0.2) is 65.1 Å². The Morgan fingerprint density at radius 2 is 1.83 bits per heavy atom. The van der Waals surface area contributed by atoms with E-state index >= 15 is 0 Å². The van der Waals surface area contributed by atoms with E-state index in [1.807, 2.05) is 24.3 Å². The van der Waals surface area contributed by atoms with Crippen molar-refractivity contribution >= 4 is 10.9 Å². The fraction of sp³-hybridized carbons (Fsp3) is 0.105. The van der Waals surface area contributed by atoms with Crippen LogP contribution in [0.5, 0.6) is 0 Å². The average Bonchev–Trinajstić information content (AvgIpc) is 3.22. The van der Waals surface area contributed by atoms with E-state index in [9.17, 15) is 0 Å². The Morgan fingerprint density at radius 1 is 0.957 bits per heavy atom. The van der Waals surface area contributed by atoms with E-state index in [-0.39, 0.29) is 0 Å². The van der Waals surface area contributed by atoms with Gasteiger partial charge in [-0.3, -0.25) is 5.10 Å². The molecular weight excluding hydrogens is 286 g/mol. The minimum Gasteiger partial charge on any atom is -0.458 e. The molecule has 0 fully saturated rings. The maximum atomic E-state index is 5.78. The summed E-state index contributed by atoms with van der Waals surface area (Å²) in [6.07, 6.45) is 0.856. The number of hydrogen-bond acceptors (Lipinski definition) is 3. The second kappa shape index (κ2) is 5.74. The summed E-state index contributed by atoms with van der Waals surface area (Å²) in [7, 11) is 0. The first kappa shape index (κ1) is 13.8. The summed E-state index contributed by atoms with van der Waals surface area (Å²) in [4.78, 5) is 0. The van der Waals surface area contributed by atoms with Gasteiger partial charge in [0.2, 0.25) is 0 Å². The highest BCUT2D eigenvalue weighted by atomic mass is 16.3. The number of nitrogens with zero attached hydrogens (tertiary/aromatic N) is 1. The van der Waals surface area contributed by atoms with Crippen LogP contribution in [-0.4, -0.2) is 10.2 Å². The number of aromatic nitrogens is 2. The zero-order chi connectivity index (χ0) is 15.6. The molecule has 4 aromatic rings. The predicted octanol–water partition coefficient (Wildman–Crippen LogP) is 3.87. The summed E-state index contributed by atoms with van der Waals surface area (Å²) >= 11 is 0. The summed E-state index contributed by atoms with van der Waals surface area (Å²) in [5, 5.41) is 8.66. The lowest BCUT2D eigenvalue weighted by Gasteiger charge is -2.05. The van der Waals surface area contributed by atoms with Gasteiger partial charge in [-0.05, 0) is 35.7 Å². The standard InChI is InChI=1S/C19H17N3O/c20-12-15-9-10-17(23-15)19-18-14(7-4-8-16(18)21-22-19)11-13-5-2-1-3-6-13/h1-10H,11-12,20H2,(H,21,22). The maximum Gasteiger partial charge on any atom is 0.155 e. The largest absolute Gasteiger partial charge is 0.458 e. The van der Waals surface area contributed by atoms with Crippen LogP contribution < -0.4 is 5.73 Å². The zero-order valence-corrected chi connectivity index (χ0v) is 12.6. The summed E-state index contributed by atoms with van der Waals surface area (Å²) in [6.45, 7) is 0.388. The van der Waals surface area contributed by atoms with Crippen molar-refractivity contribution in [1.82, 2.24) is 10.2 Å². The highest BCUT2D eigenvalue weighted by Gasteiger charge is 2.15. The van der Waals surface area contributed by atoms with Crippen molar-refractivity contribution < 1.29 is 4.42 Å². The molecular formula is C19H17N3O. The smallest absolute Gasteiger partial charge is 0.155 e. The molecule has 0 atom stereocenters. The van der Waals surface area contributed by atoms with Gasteiger partial charge in [0, 0.05) is 5.39 Å². The number of aromatic amines is 1. The van der Waals surface area contributed by atoms with Gasteiger partial charge in [-0.2, -0.15) is 5.10 Å². The van der Waals surface area contributed by atoms with Crippen molar-refractivity contribution in [2.45, 2.75) is 13.0 Å². The van der Waals surface area contributed by atoms with Crippen LogP contribution >= 0.6 is 0 Å². The summed E-state index contributed by atoms with van der Waals surface area (Å²) < 4.78 is 5.78. The van der Waals surface area contributed by atoms with E-state index in [1.54, 1.807) is 0 Å². The van der Waals surface area contributed by atoms with E-state index < -0.39 is 0 Å². The van der Waals surface area contributed by atoms with Crippen molar-refractivity contribution in [2.75, 3.05) is 0 Å². The molecule has 114 valence electrons. The van der Waals surface area contributed by atoms with Gasteiger partial charge < -0.3 is 10.2 Å². The Hall–Kier alpha value is -2.85. The molecule has 0 aliphatic heterocycles. The normalized spacial score (nSPS) is 11.2. The first-order chi connectivity index (χ1) is 11.3. The first-order valence-corrected chi connectivity index (χ1v) is 7.64. The number of furan rings is 1. The average molecular weight is 303 g/mol. The quantitative estimate of drug-likeness (QED) is 0.601. The molecule has 4 rings (SSSR count). The van der Waals surface area contributed by atoms with Gasteiger partial charge in [0.05, 0.1) is 12.1 Å². The number of H-pyrrole nitrogens is 1. The Balaban J connectivity index is 1.83. The van der Waals surface area contributed by atoms with Gasteiger partial charge in [0.1, 0.15) is 11.5 Å². The van der Waals surface area contributed by atoms with Crippen LogP contribution in [0.25, 0.3) is 22.4 Å². The highest BCUT2D eigenvalue weighted by molar-refractivity contribution is 5.94. The second-order valence-corrected chi connectivity index (χ2v) is 5.54. The minimum absolute atomic E-state index is 0.388. The molecule has 2 heterocycles. The third-order valence-electron chi connectivity index (χ3n) is 4.01. The van der Waals surface area contributed by atoms with Crippen molar-refractivity contribution in [3.8, 4) is 11.5 Å². The van der Waals surface area contributed by atoms with Gasteiger partial charge in [0.15, 0.2) is 5.76 Å². The molecule has 0 amide bonds. The summed E-state index contributed by atoms with van der Waals surface area (Å²) in [5.41, 5.74) is 9.99. The number of benzene rings is 2. The highest BCUT2D eigenvalue weighted by Crippen LogP contribution is 2.31. The molecule has 3 N–H and O–H groups in total. The van der Waals surface area contributed by atoms with Gasteiger partial charge in [-0.1, -0.05) is 42.5 Å². The first-order valence-electron chi connectivity index (χ1n) is 7.64. The minimum atomic E-state index is 0.388. The zero-order valence-electron chi connectivity index (χ0n) is 12.6. The lowest BCUT2D eigenvalue weighted by molar-refractivity contribution is 0.524. The number of rotatable bonds is 4. The van der Waals surface area contributed by atoms with E-state index in [4.69, 9.17) is 10.2 Å². The SMILES string of the molecule is NCc1ccc(-c2n[nH]c3cccc(Cc4ccccc4)c23)o1. The van der Waals surface area contributed by atoms with Crippen LogP contribution in [-0.2, 0) is 13.0 Å². The van der Waals surface area contributed by atoms with Crippen molar-refractivity contribution in [3.05, 3.63) is 77.6 Å². The third-order valence-corrected chi connectivity index (χ3v) is 4.01. The lowest BCUT2D eigenvalue weighted by Crippen LogP contribution is -1.92. The van der Waals surface area contributed by atoms with E-state index in [1.165, 1.54) is 11.1 Å². The fourth-order valence-electron chi connectivity index (χ4n) is 2.90. The monoisotopic (exact) mass is 303 g/mol. The van der Waals surface area contributed by atoms with Gasteiger partial charge in [-0.25, -0.2) is 0 Å². The number of nitrogens with two attached hydrogens (primary N) is 1. The molecule has 23 heavy (non-hydrogen) atoms. The number of fused-ring (bicyclic) bond motifs is 1. The fourth-order valence-corrected chi connectivity index (χ4v) is 2.90. The maximum absolute atomic E-state index is 5.78. The van der Waals surface area contributed by atoms with Crippen LogP contribution in [0.4, 0.5) is 0 Å². The van der Waals surface area contributed by atoms with Crippen molar-refractivity contribution in [1.29, 1.82) is 0 Å². The van der Waals surface area contributed by atoms with E-state index in [0.717, 1.165) is 34.5 Å². The van der Waals surface area contributed by atoms with Gasteiger partial charge >= 0.3 is 0 Å². The molecule has 0 spiro atoms. The van der Waals surface area contributed by atoms with Crippen molar-refractivity contribution in [2.24, 2.45) is 5.73 Å². The van der Waals surface area contributed by atoms with Crippen molar-refractivity contribution in [3.63, 3.8) is 0 Å². The topological polar surface area (TPSA) is 67.8 Å². The van der Waals surface area contributed by atoms with E-state index in [0.29, 0.717) is 6.54 Å².